The van der Waals surface area contributed by atoms with E-state index in [1.54, 1.807) is 7.11 Å². The summed E-state index contributed by atoms with van der Waals surface area (Å²) in [4.78, 5) is 14.1. The van der Waals surface area contributed by atoms with Crippen molar-refractivity contribution in [3.63, 3.8) is 0 Å². The molecule has 4 heteroatoms. The minimum absolute atomic E-state index is 0.134. The van der Waals surface area contributed by atoms with Crippen LogP contribution in [0.3, 0.4) is 0 Å². The molecule has 0 radical (unpaired) electrons. The summed E-state index contributed by atoms with van der Waals surface area (Å²) < 4.78 is 5.10. The average Bonchev–Trinajstić information content (AvgIpc) is 2.48. The Kier molecular flexibility index (Phi) is 4.29. The predicted octanol–water partition coefficient (Wildman–Crippen LogP) is 2.39. The lowest BCUT2D eigenvalue weighted by molar-refractivity contribution is -0.132. The van der Waals surface area contributed by atoms with Gasteiger partial charge in [0.15, 0.2) is 0 Å². The van der Waals surface area contributed by atoms with Crippen LogP contribution in [0.15, 0.2) is 24.3 Å². The van der Waals surface area contributed by atoms with Crippen molar-refractivity contribution in [1.82, 2.24) is 4.90 Å². The quantitative estimate of drug-likeness (QED) is 0.849. The van der Waals surface area contributed by atoms with Crippen LogP contribution in [0.1, 0.15) is 25.3 Å². The van der Waals surface area contributed by atoms with Crippen molar-refractivity contribution in [3.8, 4) is 11.8 Å². The Morgan fingerprint density at radius 1 is 1.35 bits per heavy atom. The highest BCUT2D eigenvalue weighted by Gasteiger charge is 2.31. The molecule has 0 atom stereocenters. The summed E-state index contributed by atoms with van der Waals surface area (Å²) in [6, 6.07) is 9.92. The van der Waals surface area contributed by atoms with E-state index in [0.717, 1.165) is 24.2 Å². The number of carbonyl (C=O) groups excluding carboxylic acids is 1. The molecule has 0 saturated carbocycles. The number of likely N-dealkylation sites (tertiary alicyclic amines) is 1. The Morgan fingerprint density at radius 3 is 2.45 bits per heavy atom. The molecule has 1 saturated heterocycles. The normalized spacial score (nSPS) is 17.4. The Morgan fingerprint density at radius 2 is 1.95 bits per heavy atom. The van der Waals surface area contributed by atoms with Crippen LogP contribution in [0.5, 0.6) is 5.75 Å². The second-order valence-corrected chi connectivity index (χ2v) is 5.58. The Labute approximate surface area is 120 Å². The van der Waals surface area contributed by atoms with E-state index in [-0.39, 0.29) is 11.3 Å². The maximum atomic E-state index is 12.2. The van der Waals surface area contributed by atoms with Gasteiger partial charge in [0.05, 0.1) is 25.0 Å². The van der Waals surface area contributed by atoms with Crippen LogP contribution < -0.4 is 4.74 Å². The highest BCUT2D eigenvalue weighted by atomic mass is 16.5. The molecule has 0 aromatic heterocycles. The standard InChI is InChI=1S/C16H20N2O2/c1-16(12-17)7-9-18(10-8-16)15(19)11-13-3-5-14(20-2)6-4-13/h3-6H,7-11H2,1-2H3. The number of piperidine rings is 1. The van der Waals surface area contributed by atoms with Crippen LogP contribution in [-0.4, -0.2) is 31.0 Å². The van der Waals surface area contributed by atoms with Gasteiger partial charge in [-0.1, -0.05) is 12.1 Å². The molecule has 20 heavy (non-hydrogen) atoms. The minimum atomic E-state index is -0.267. The summed E-state index contributed by atoms with van der Waals surface area (Å²) in [6.45, 7) is 3.33. The zero-order valence-electron chi connectivity index (χ0n) is 12.1. The number of hydrogen-bond acceptors (Lipinski definition) is 3. The number of ether oxygens (including phenoxy) is 1. The van der Waals surface area contributed by atoms with Crippen LogP contribution >= 0.6 is 0 Å². The molecule has 1 aromatic rings. The van der Waals surface area contributed by atoms with Gasteiger partial charge in [-0.05, 0) is 37.5 Å². The van der Waals surface area contributed by atoms with Crippen LogP contribution in [0.25, 0.3) is 0 Å². The Hall–Kier alpha value is -2.02. The molecule has 1 aliphatic rings. The summed E-state index contributed by atoms with van der Waals surface area (Å²) >= 11 is 0. The van der Waals surface area contributed by atoms with Crippen molar-refractivity contribution in [1.29, 1.82) is 5.26 Å². The summed E-state index contributed by atoms with van der Waals surface area (Å²) in [7, 11) is 1.63. The first kappa shape index (κ1) is 14.4. The number of rotatable bonds is 3. The van der Waals surface area contributed by atoms with Gasteiger partial charge in [-0.3, -0.25) is 4.79 Å². The Balaban J connectivity index is 1.91. The van der Waals surface area contributed by atoms with Crippen molar-refractivity contribution in [2.24, 2.45) is 5.41 Å². The number of methoxy groups -OCH3 is 1. The fourth-order valence-corrected chi connectivity index (χ4v) is 2.39. The summed E-state index contributed by atoms with van der Waals surface area (Å²) in [5.74, 6) is 0.930. The van der Waals surface area contributed by atoms with E-state index in [1.807, 2.05) is 36.1 Å². The van der Waals surface area contributed by atoms with E-state index in [4.69, 9.17) is 10.00 Å². The highest BCUT2D eigenvalue weighted by Crippen LogP contribution is 2.30. The minimum Gasteiger partial charge on any atom is -0.497 e. The topological polar surface area (TPSA) is 53.3 Å². The van der Waals surface area contributed by atoms with Crippen LogP contribution in [0.4, 0.5) is 0 Å². The highest BCUT2D eigenvalue weighted by molar-refractivity contribution is 5.79. The third kappa shape index (κ3) is 3.30. The fourth-order valence-electron chi connectivity index (χ4n) is 2.39. The number of carbonyl (C=O) groups is 1. The Bertz CT molecular complexity index is 508. The first-order valence-corrected chi connectivity index (χ1v) is 6.88. The van der Waals surface area contributed by atoms with Gasteiger partial charge >= 0.3 is 0 Å². The van der Waals surface area contributed by atoms with Gasteiger partial charge in [-0.2, -0.15) is 5.26 Å². The van der Waals surface area contributed by atoms with Crippen molar-refractivity contribution >= 4 is 5.91 Å². The lowest BCUT2D eigenvalue weighted by Gasteiger charge is -2.35. The van der Waals surface area contributed by atoms with Gasteiger partial charge < -0.3 is 9.64 Å². The second-order valence-electron chi connectivity index (χ2n) is 5.58. The molecule has 0 bridgehead atoms. The molecule has 0 N–H and O–H groups in total. The fraction of sp³-hybridized carbons (Fsp3) is 0.500. The van der Waals surface area contributed by atoms with Crippen molar-refractivity contribution < 1.29 is 9.53 Å². The van der Waals surface area contributed by atoms with E-state index in [1.165, 1.54) is 0 Å². The molecule has 1 aromatic carbocycles. The van der Waals surface area contributed by atoms with Gasteiger partial charge in [0.25, 0.3) is 0 Å². The predicted molar refractivity (Wildman–Crippen MR) is 76.2 cm³/mol. The van der Waals surface area contributed by atoms with E-state index in [9.17, 15) is 4.79 Å². The van der Waals surface area contributed by atoms with Gasteiger partial charge in [-0.15, -0.1) is 0 Å². The molecule has 4 nitrogen and oxygen atoms in total. The number of nitriles is 1. The molecule has 1 heterocycles. The number of benzene rings is 1. The number of amides is 1. The molecule has 2 rings (SSSR count). The van der Waals surface area contributed by atoms with Crippen molar-refractivity contribution in [2.45, 2.75) is 26.2 Å². The number of hydrogen-bond donors (Lipinski definition) is 0. The number of nitrogens with zero attached hydrogens (tertiary/aromatic N) is 2. The van der Waals surface area contributed by atoms with E-state index in [0.29, 0.717) is 19.5 Å². The van der Waals surface area contributed by atoms with Crippen molar-refractivity contribution in [2.75, 3.05) is 20.2 Å². The third-order valence-electron chi connectivity index (χ3n) is 4.00. The van der Waals surface area contributed by atoms with E-state index >= 15 is 0 Å². The molecule has 1 aliphatic heterocycles. The van der Waals surface area contributed by atoms with E-state index in [2.05, 4.69) is 6.07 Å². The average molecular weight is 272 g/mol. The van der Waals surface area contributed by atoms with E-state index < -0.39 is 0 Å². The first-order valence-electron chi connectivity index (χ1n) is 6.88. The van der Waals surface area contributed by atoms with Crippen LogP contribution in [0, 0.1) is 16.7 Å². The third-order valence-corrected chi connectivity index (χ3v) is 4.00. The molecule has 0 unspecified atom stereocenters. The van der Waals surface area contributed by atoms with Gasteiger partial charge in [0.1, 0.15) is 5.75 Å². The first-order chi connectivity index (χ1) is 9.56. The second kappa shape index (κ2) is 5.96. The van der Waals surface area contributed by atoms with Gasteiger partial charge in [0.2, 0.25) is 5.91 Å². The van der Waals surface area contributed by atoms with Gasteiger partial charge in [-0.25, -0.2) is 0 Å². The zero-order valence-corrected chi connectivity index (χ0v) is 12.1. The largest absolute Gasteiger partial charge is 0.497 e. The molecular formula is C16H20N2O2. The zero-order chi connectivity index (χ0) is 14.6. The summed E-state index contributed by atoms with van der Waals surface area (Å²) in [6.07, 6.45) is 1.93. The van der Waals surface area contributed by atoms with Crippen molar-refractivity contribution in [3.05, 3.63) is 29.8 Å². The molecule has 0 spiro atoms. The monoisotopic (exact) mass is 272 g/mol. The molecule has 1 amide bonds. The molecule has 0 aliphatic carbocycles. The van der Waals surface area contributed by atoms with Crippen LogP contribution in [-0.2, 0) is 11.2 Å². The molecular weight excluding hydrogens is 252 g/mol. The lowest BCUT2D eigenvalue weighted by Crippen LogP contribution is -2.42. The maximum Gasteiger partial charge on any atom is 0.226 e. The SMILES string of the molecule is COc1ccc(CC(=O)N2CCC(C)(C#N)CC2)cc1. The summed E-state index contributed by atoms with van der Waals surface area (Å²) in [5, 5.41) is 9.09. The summed E-state index contributed by atoms with van der Waals surface area (Å²) in [5.41, 5.74) is 0.723. The lowest BCUT2D eigenvalue weighted by atomic mass is 9.82. The maximum absolute atomic E-state index is 12.2. The van der Waals surface area contributed by atoms with Crippen LogP contribution in [0.2, 0.25) is 0 Å². The smallest absolute Gasteiger partial charge is 0.226 e. The molecule has 1 fully saturated rings. The molecule has 106 valence electrons. The van der Waals surface area contributed by atoms with Gasteiger partial charge in [0, 0.05) is 13.1 Å².